The van der Waals surface area contributed by atoms with Gasteiger partial charge in [0.1, 0.15) is 0 Å². The Morgan fingerprint density at radius 1 is 1.25 bits per heavy atom. The molecule has 106 valence electrons. The van der Waals surface area contributed by atoms with Gasteiger partial charge in [-0.3, -0.25) is 4.98 Å². The van der Waals surface area contributed by atoms with Crippen molar-refractivity contribution in [2.45, 2.75) is 25.8 Å². The summed E-state index contributed by atoms with van der Waals surface area (Å²) >= 11 is 9.68. The zero-order valence-corrected chi connectivity index (χ0v) is 13.8. The fraction of sp³-hybridized carbons (Fsp3) is 0.312. The molecule has 0 fully saturated rings. The molecule has 0 aliphatic heterocycles. The van der Waals surface area contributed by atoms with Crippen molar-refractivity contribution < 1.29 is 0 Å². The van der Waals surface area contributed by atoms with E-state index in [0.29, 0.717) is 0 Å². The summed E-state index contributed by atoms with van der Waals surface area (Å²) < 4.78 is 1.01. The lowest BCUT2D eigenvalue weighted by Crippen LogP contribution is -2.24. The molecule has 0 bridgehead atoms. The molecule has 20 heavy (non-hydrogen) atoms. The van der Waals surface area contributed by atoms with Crippen molar-refractivity contribution in [1.82, 2.24) is 10.3 Å². The summed E-state index contributed by atoms with van der Waals surface area (Å²) in [6, 6.07) is 10.4. The molecule has 2 aromatic rings. The fourth-order valence-corrected chi connectivity index (χ4v) is 3.04. The third-order valence-corrected chi connectivity index (χ3v) is 3.79. The number of aromatic nitrogens is 1. The first-order valence-corrected chi connectivity index (χ1v) is 7.94. The van der Waals surface area contributed by atoms with Gasteiger partial charge in [-0.05, 0) is 60.8 Å². The molecule has 0 aliphatic carbocycles. The highest BCUT2D eigenvalue weighted by Crippen LogP contribution is 2.26. The predicted molar refractivity (Wildman–Crippen MR) is 88.1 cm³/mol. The highest BCUT2D eigenvalue weighted by atomic mass is 79.9. The SMILES string of the molecule is CCCNC(Cc1ccncc1)c1cc(Cl)cc(Br)c1. The standard InChI is InChI=1S/C16H18BrClN2/c1-2-5-20-16(8-12-3-6-19-7-4-12)13-9-14(17)11-15(18)10-13/h3-4,6-7,9-11,16,20H,2,5,8H2,1H3. The van der Waals surface area contributed by atoms with E-state index in [1.807, 2.05) is 24.5 Å². The fourth-order valence-electron chi connectivity index (χ4n) is 2.16. The third-order valence-electron chi connectivity index (χ3n) is 3.12. The summed E-state index contributed by atoms with van der Waals surface area (Å²) in [6.07, 6.45) is 5.70. The molecule has 2 nitrogen and oxygen atoms in total. The topological polar surface area (TPSA) is 24.9 Å². The molecule has 2 rings (SSSR count). The maximum Gasteiger partial charge on any atom is 0.0420 e. The molecule has 4 heteroatoms. The lowest BCUT2D eigenvalue weighted by Gasteiger charge is -2.20. The minimum absolute atomic E-state index is 0.257. The first kappa shape index (κ1) is 15.5. The first-order valence-electron chi connectivity index (χ1n) is 6.77. The number of nitrogens with one attached hydrogen (secondary N) is 1. The second-order valence-corrected chi connectivity index (χ2v) is 6.12. The average molecular weight is 354 g/mol. The van der Waals surface area contributed by atoms with E-state index in [1.54, 1.807) is 0 Å². The molecule has 0 spiro atoms. The Bertz CT molecular complexity index is 525. The Labute approximate surface area is 133 Å². The van der Waals surface area contributed by atoms with Crippen LogP contribution in [-0.4, -0.2) is 11.5 Å². The van der Waals surface area contributed by atoms with E-state index in [-0.39, 0.29) is 6.04 Å². The molecule has 1 N–H and O–H groups in total. The van der Waals surface area contributed by atoms with Gasteiger partial charge in [0.05, 0.1) is 0 Å². The second-order valence-electron chi connectivity index (χ2n) is 4.77. The maximum absolute atomic E-state index is 6.16. The summed E-state index contributed by atoms with van der Waals surface area (Å²) in [7, 11) is 0. The summed E-state index contributed by atoms with van der Waals surface area (Å²) in [5, 5.41) is 4.35. The van der Waals surface area contributed by atoms with Gasteiger partial charge in [0.15, 0.2) is 0 Å². The van der Waals surface area contributed by atoms with Crippen molar-refractivity contribution in [1.29, 1.82) is 0 Å². The molecule has 1 atom stereocenters. The monoisotopic (exact) mass is 352 g/mol. The Morgan fingerprint density at radius 2 is 2.00 bits per heavy atom. The lowest BCUT2D eigenvalue weighted by molar-refractivity contribution is 0.529. The van der Waals surface area contributed by atoms with Gasteiger partial charge in [0.2, 0.25) is 0 Å². The molecule has 1 unspecified atom stereocenters. The van der Waals surface area contributed by atoms with Crippen LogP contribution in [0.5, 0.6) is 0 Å². The Kier molecular flexibility index (Phi) is 6.02. The van der Waals surface area contributed by atoms with E-state index in [4.69, 9.17) is 11.6 Å². The van der Waals surface area contributed by atoms with Gasteiger partial charge < -0.3 is 5.32 Å². The average Bonchev–Trinajstić information content (AvgIpc) is 2.43. The van der Waals surface area contributed by atoms with Gasteiger partial charge in [-0.15, -0.1) is 0 Å². The number of rotatable bonds is 6. The lowest BCUT2D eigenvalue weighted by atomic mass is 9.99. The molecule has 1 aromatic heterocycles. The van der Waals surface area contributed by atoms with Crippen LogP contribution in [0.3, 0.4) is 0 Å². The van der Waals surface area contributed by atoms with Gasteiger partial charge in [-0.25, -0.2) is 0 Å². The van der Waals surface area contributed by atoms with Crippen LogP contribution < -0.4 is 5.32 Å². The highest BCUT2D eigenvalue weighted by Gasteiger charge is 2.13. The van der Waals surface area contributed by atoms with Gasteiger partial charge >= 0.3 is 0 Å². The van der Waals surface area contributed by atoms with Crippen molar-refractivity contribution in [3.63, 3.8) is 0 Å². The van der Waals surface area contributed by atoms with Crippen LogP contribution in [0.25, 0.3) is 0 Å². The summed E-state index contributed by atoms with van der Waals surface area (Å²) in [5.74, 6) is 0. The van der Waals surface area contributed by atoms with Crippen molar-refractivity contribution >= 4 is 27.5 Å². The number of nitrogens with zero attached hydrogens (tertiary/aromatic N) is 1. The van der Waals surface area contributed by atoms with Crippen molar-refractivity contribution in [2.75, 3.05) is 6.54 Å². The minimum Gasteiger partial charge on any atom is -0.310 e. The molecule has 0 saturated carbocycles. The highest BCUT2D eigenvalue weighted by molar-refractivity contribution is 9.10. The summed E-state index contributed by atoms with van der Waals surface area (Å²) in [4.78, 5) is 4.07. The number of benzene rings is 1. The molecule has 0 radical (unpaired) electrons. The van der Waals surface area contributed by atoms with Gasteiger partial charge in [0, 0.05) is 27.9 Å². The number of pyridine rings is 1. The smallest absolute Gasteiger partial charge is 0.0420 e. The zero-order valence-electron chi connectivity index (χ0n) is 11.4. The molecular weight excluding hydrogens is 336 g/mol. The minimum atomic E-state index is 0.257. The van der Waals surface area contributed by atoms with E-state index >= 15 is 0 Å². The quantitative estimate of drug-likeness (QED) is 0.808. The Morgan fingerprint density at radius 3 is 2.65 bits per heavy atom. The molecule has 1 heterocycles. The molecule has 0 amide bonds. The van der Waals surface area contributed by atoms with Gasteiger partial charge in [0.25, 0.3) is 0 Å². The van der Waals surface area contributed by atoms with Crippen LogP contribution in [0.4, 0.5) is 0 Å². The largest absolute Gasteiger partial charge is 0.310 e. The summed E-state index contributed by atoms with van der Waals surface area (Å²) in [5.41, 5.74) is 2.47. The van der Waals surface area contributed by atoms with Crippen LogP contribution >= 0.6 is 27.5 Å². The van der Waals surface area contributed by atoms with Crippen LogP contribution in [0, 0.1) is 0 Å². The predicted octanol–water partition coefficient (Wildman–Crippen LogP) is 4.78. The van der Waals surface area contributed by atoms with Crippen molar-refractivity contribution in [2.24, 2.45) is 0 Å². The van der Waals surface area contributed by atoms with Crippen molar-refractivity contribution in [3.8, 4) is 0 Å². The van der Waals surface area contributed by atoms with Crippen LogP contribution in [0.1, 0.15) is 30.5 Å². The third kappa shape index (κ3) is 4.58. The molecule has 0 saturated heterocycles. The Hall–Kier alpha value is -0.900. The normalized spacial score (nSPS) is 12.3. The summed E-state index contributed by atoms with van der Waals surface area (Å²) in [6.45, 7) is 3.16. The van der Waals surface area contributed by atoms with E-state index in [0.717, 1.165) is 28.9 Å². The number of hydrogen-bond acceptors (Lipinski definition) is 2. The van der Waals surface area contributed by atoms with Gasteiger partial charge in [-0.1, -0.05) is 34.5 Å². The van der Waals surface area contributed by atoms with Crippen molar-refractivity contribution in [3.05, 3.63) is 63.3 Å². The van der Waals surface area contributed by atoms with E-state index < -0.39 is 0 Å². The second kappa shape index (κ2) is 7.77. The zero-order chi connectivity index (χ0) is 14.4. The van der Waals surface area contributed by atoms with E-state index in [9.17, 15) is 0 Å². The molecule has 0 aliphatic rings. The van der Waals surface area contributed by atoms with Crippen LogP contribution in [-0.2, 0) is 6.42 Å². The molecule has 1 aromatic carbocycles. The van der Waals surface area contributed by atoms with Gasteiger partial charge in [-0.2, -0.15) is 0 Å². The van der Waals surface area contributed by atoms with E-state index in [1.165, 1.54) is 11.1 Å². The number of hydrogen-bond donors (Lipinski definition) is 1. The Balaban J connectivity index is 2.22. The maximum atomic E-state index is 6.16. The van der Waals surface area contributed by atoms with Crippen LogP contribution in [0.15, 0.2) is 47.2 Å². The number of halogens is 2. The molecular formula is C16H18BrClN2. The first-order chi connectivity index (χ1) is 9.69. The van der Waals surface area contributed by atoms with E-state index in [2.05, 4.69) is 51.4 Å². The van der Waals surface area contributed by atoms with Crippen LogP contribution in [0.2, 0.25) is 5.02 Å².